The number of halogens is 2. The van der Waals surface area contributed by atoms with E-state index in [4.69, 9.17) is 9.84 Å². The minimum atomic E-state index is -1.14. The predicted octanol–water partition coefficient (Wildman–Crippen LogP) is 2.64. The molecule has 0 fully saturated rings. The van der Waals surface area contributed by atoms with E-state index >= 15 is 0 Å². The molecule has 0 aliphatic rings. The molecule has 1 N–H and O–H groups in total. The number of hydrogen-bond donors (Lipinski definition) is 1. The highest BCUT2D eigenvalue weighted by Gasteiger charge is 2.07. The van der Waals surface area contributed by atoms with Gasteiger partial charge in [0.25, 0.3) is 0 Å². The third-order valence-corrected chi connectivity index (χ3v) is 2.30. The van der Waals surface area contributed by atoms with E-state index in [0.717, 1.165) is 12.1 Å². The van der Waals surface area contributed by atoms with Gasteiger partial charge in [0.05, 0.1) is 5.69 Å². The van der Waals surface area contributed by atoms with Gasteiger partial charge < -0.3 is 9.84 Å². The fourth-order valence-corrected chi connectivity index (χ4v) is 1.40. The first kappa shape index (κ1) is 12.9. The first-order valence-corrected chi connectivity index (χ1v) is 5.33. The minimum absolute atomic E-state index is 0.0355. The number of carboxylic acids is 1. The van der Waals surface area contributed by atoms with Gasteiger partial charge in [0.2, 0.25) is 0 Å². The van der Waals surface area contributed by atoms with Gasteiger partial charge in [-0.15, -0.1) is 0 Å². The third-order valence-electron chi connectivity index (χ3n) is 2.30. The largest absolute Gasteiger partial charge is 0.487 e. The molecule has 98 valence electrons. The van der Waals surface area contributed by atoms with E-state index in [9.17, 15) is 13.6 Å². The number of nitrogens with zero attached hydrogens (tertiary/aromatic N) is 1. The van der Waals surface area contributed by atoms with Crippen molar-refractivity contribution in [2.45, 2.75) is 6.61 Å². The lowest BCUT2D eigenvalue weighted by Gasteiger charge is -2.06. The van der Waals surface area contributed by atoms with Gasteiger partial charge in [0, 0.05) is 6.07 Å². The molecule has 0 radical (unpaired) electrons. The van der Waals surface area contributed by atoms with E-state index < -0.39 is 17.6 Å². The molecule has 19 heavy (non-hydrogen) atoms. The fourth-order valence-electron chi connectivity index (χ4n) is 1.40. The molecule has 1 heterocycles. The van der Waals surface area contributed by atoms with Crippen molar-refractivity contribution in [3.63, 3.8) is 0 Å². The van der Waals surface area contributed by atoms with Crippen LogP contribution in [0.5, 0.6) is 5.75 Å². The van der Waals surface area contributed by atoms with Gasteiger partial charge in [-0.1, -0.05) is 6.07 Å². The van der Waals surface area contributed by atoms with Crippen molar-refractivity contribution in [3.05, 3.63) is 59.4 Å². The lowest BCUT2D eigenvalue weighted by molar-refractivity contribution is 0.0690. The summed E-state index contributed by atoms with van der Waals surface area (Å²) in [6.07, 6.45) is 0. The second-order valence-electron chi connectivity index (χ2n) is 3.68. The van der Waals surface area contributed by atoms with Gasteiger partial charge in [0.1, 0.15) is 18.1 Å². The Hall–Kier alpha value is -2.50. The Bertz CT molecular complexity index is 617. The summed E-state index contributed by atoms with van der Waals surface area (Å²) in [5.41, 5.74) is 0.274. The van der Waals surface area contributed by atoms with Crippen LogP contribution in [-0.2, 0) is 6.61 Å². The number of aromatic carboxylic acids is 1. The zero-order valence-corrected chi connectivity index (χ0v) is 9.64. The number of carboxylic acid groups (broad SMARTS) is 1. The highest BCUT2D eigenvalue weighted by atomic mass is 19.2. The minimum Gasteiger partial charge on any atom is -0.487 e. The average Bonchev–Trinajstić information content (AvgIpc) is 2.40. The number of benzene rings is 1. The van der Waals surface area contributed by atoms with Gasteiger partial charge >= 0.3 is 5.97 Å². The van der Waals surface area contributed by atoms with E-state index in [1.54, 1.807) is 6.07 Å². The number of rotatable bonds is 4. The average molecular weight is 265 g/mol. The highest BCUT2D eigenvalue weighted by molar-refractivity contribution is 5.85. The maximum atomic E-state index is 12.9. The van der Waals surface area contributed by atoms with Crippen LogP contribution in [0.4, 0.5) is 8.78 Å². The number of carbonyl (C=O) groups is 1. The quantitative estimate of drug-likeness (QED) is 0.923. The second kappa shape index (κ2) is 5.43. The standard InChI is InChI=1S/C13H9F2NO3/c14-10-5-4-9(6-11(10)15)19-7-8-2-1-3-12(16-8)13(17)18/h1-6H,7H2,(H,17,18). The van der Waals surface area contributed by atoms with Crippen LogP contribution in [0.25, 0.3) is 0 Å². The van der Waals surface area contributed by atoms with Crippen molar-refractivity contribution in [2.75, 3.05) is 0 Å². The van der Waals surface area contributed by atoms with Gasteiger partial charge in [-0.2, -0.15) is 0 Å². The first-order chi connectivity index (χ1) is 9.06. The molecule has 1 aromatic heterocycles. The van der Waals surface area contributed by atoms with Gasteiger partial charge in [0.15, 0.2) is 11.6 Å². The fraction of sp³-hybridized carbons (Fsp3) is 0.0769. The molecule has 2 rings (SSSR count). The Balaban J connectivity index is 2.07. The van der Waals surface area contributed by atoms with Crippen LogP contribution in [-0.4, -0.2) is 16.1 Å². The molecular formula is C13H9F2NO3. The Morgan fingerprint density at radius 1 is 1.21 bits per heavy atom. The molecule has 0 saturated carbocycles. The predicted molar refractivity (Wildman–Crippen MR) is 61.9 cm³/mol. The zero-order valence-electron chi connectivity index (χ0n) is 9.64. The molecule has 1 aromatic carbocycles. The second-order valence-corrected chi connectivity index (χ2v) is 3.68. The zero-order chi connectivity index (χ0) is 13.8. The number of ether oxygens (including phenoxy) is 1. The van der Waals surface area contributed by atoms with E-state index in [1.165, 1.54) is 18.2 Å². The summed E-state index contributed by atoms with van der Waals surface area (Å²) in [5.74, 6) is -2.97. The van der Waals surface area contributed by atoms with Crippen LogP contribution in [0, 0.1) is 11.6 Å². The molecular weight excluding hydrogens is 256 g/mol. The summed E-state index contributed by atoms with van der Waals surface area (Å²) in [7, 11) is 0. The van der Waals surface area contributed by atoms with Crippen molar-refractivity contribution in [1.29, 1.82) is 0 Å². The van der Waals surface area contributed by atoms with Crippen LogP contribution in [0.15, 0.2) is 36.4 Å². The number of hydrogen-bond acceptors (Lipinski definition) is 3. The highest BCUT2D eigenvalue weighted by Crippen LogP contribution is 2.16. The lowest BCUT2D eigenvalue weighted by Crippen LogP contribution is -2.05. The maximum absolute atomic E-state index is 12.9. The normalized spacial score (nSPS) is 10.2. The van der Waals surface area contributed by atoms with E-state index in [2.05, 4.69) is 4.98 Å². The lowest BCUT2D eigenvalue weighted by atomic mass is 10.3. The van der Waals surface area contributed by atoms with Gasteiger partial charge in [-0.25, -0.2) is 18.6 Å². The molecule has 0 aliphatic carbocycles. The summed E-state index contributed by atoms with van der Waals surface area (Å²) < 4.78 is 30.8. The smallest absolute Gasteiger partial charge is 0.354 e. The van der Waals surface area contributed by atoms with Crippen molar-refractivity contribution in [3.8, 4) is 5.75 Å². The Morgan fingerprint density at radius 2 is 2.00 bits per heavy atom. The molecule has 6 heteroatoms. The maximum Gasteiger partial charge on any atom is 0.354 e. The van der Waals surface area contributed by atoms with Crippen LogP contribution in [0.1, 0.15) is 16.2 Å². The molecule has 0 bridgehead atoms. The van der Waals surface area contributed by atoms with E-state index in [-0.39, 0.29) is 18.1 Å². The van der Waals surface area contributed by atoms with Crippen LogP contribution in [0.2, 0.25) is 0 Å². The molecule has 0 amide bonds. The summed E-state index contributed by atoms with van der Waals surface area (Å²) in [4.78, 5) is 14.5. The van der Waals surface area contributed by atoms with Gasteiger partial charge in [-0.3, -0.25) is 0 Å². The van der Waals surface area contributed by atoms with E-state index in [0.29, 0.717) is 5.69 Å². The Labute approximate surface area is 107 Å². The third kappa shape index (κ3) is 3.25. The SMILES string of the molecule is O=C(O)c1cccc(COc2ccc(F)c(F)c2)n1. The van der Waals surface area contributed by atoms with Crippen molar-refractivity contribution in [2.24, 2.45) is 0 Å². The summed E-state index contributed by atoms with van der Waals surface area (Å²) >= 11 is 0. The van der Waals surface area contributed by atoms with Crippen LogP contribution < -0.4 is 4.74 Å². The first-order valence-electron chi connectivity index (χ1n) is 5.33. The summed E-state index contributed by atoms with van der Waals surface area (Å²) in [6.45, 7) is -0.0355. The number of aromatic nitrogens is 1. The van der Waals surface area contributed by atoms with Crippen LogP contribution >= 0.6 is 0 Å². The molecule has 4 nitrogen and oxygen atoms in total. The summed E-state index contributed by atoms with van der Waals surface area (Å²) in [6, 6.07) is 7.59. The molecule has 2 aromatic rings. The van der Waals surface area contributed by atoms with Crippen molar-refractivity contribution < 1.29 is 23.4 Å². The monoisotopic (exact) mass is 265 g/mol. The summed E-state index contributed by atoms with van der Waals surface area (Å²) in [5, 5.41) is 8.77. The molecule has 0 spiro atoms. The van der Waals surface area contributed by atoms with Gasteiger partial charge in [-0.05, 0) is 24.3 Å². The Morgan fingerprint density at radius 3 is 2.68 bits per heavy atom. The molecule has 0 unspecified atom stereocenters. The van der Waals surface area contributed by atoms with Crippen LogP contribution in [0.3, 0.4) is 0 Å². The molecule has 0 atom stereocenters. The van der Waals surface area contributed by atoms with E-state index in [1.807, 2.05) is 0 Å². The molecule has 0 saturated heterocycles. The molecule has 0 aliphatic heterocycles. The Kier molecular flexibility index (Phi) is 3.70. The topological polar surface area (TPSA) is 59.4 Å². The van der Waals surface area contributed by atoms with Crippen molar-refractivity contribution in [1.82, 2.24) is 4.98 Å². The van der Waals surface area contributed by atoms with Crippen molar-refractivity contribution >= 4 is 5.97 Å². The number of pyridine rings is 1.